The molecule has 0 spiro atoms. The Morgan fingerprint density at radius 2 is 2.15 bits per heavy atom. The SMILES string of the molecule is Cc1cn[nH]c1NS(=O)(=O)c1ccc(F)c([N+](=O)[O-])c1. The summed E-state index contributed by atoms with van der Waals surface area (Å²) in [4.78, 5) is 9.20. The minimum absolute atomic E-state index is 0.136. The van der Waals surface area contributed by atoms with Gasteiger partial charge >= 0.3 is 5.69 Å². The first-order valence-electron chi connectivity index (χ1n) is 5.28. The normalized spacial score (nSPS) is 11.3. The average Bonchev–Trinajstić information content (AvgIpc) is 2.74. The van der Waals surface area contributed by atoms with Gasteiger partial charge in [-0.3, -0.25) is 19.9 Å². The van der Waals surface area contributed by atoms with Crippen LogP contribution in [0.3, 0.4) is 0 Å². The van der Waals surface area contributed by atoms with E-state index in [0.29, 0.717) is 11.6 Å². The fraction of sp³-hybridized carbons (Fsp3) is 0.100. The van der Waals surface area contributed by atoms with E-state index in [0.717, 1.165) is 12.1 Å². The Labute approximate surface area is 112 Å². The van der Waals surface area contributed by atoms with E-state index in [1.54, 1.807) is 6.92 Å². The Bertz CT molecular complexity index is 771. The molecule has 0 unspecified atom stereocenters. The van der Waals surface area contributed by atoms with Gasteiger partial charge in [-0.15, -0.1) is 0 Å². The van der Waals surface area contributed by atoms with Crippen molar-refractivity contribution in [3.05, 3.63) is 45.9 Å². The number of nitrogens with one attached hydrogen (secondary N) is 2. The lowest BCUT2D eigenvalue weighted by molar-refractivity contribution is -0.387. The van der Waals surface area contributed by atoms with Crippen molar-refractivity contribution in [1.82, 2.24) is 10.2 Å². The molecular weight excluding hydrogens is 291 g/mol. The number of anilines is 1. The fourth-order valence-electron chi connectivity index (χ4n) is 1.44. The molecule has 0 aliphatic heterocycles. The van der Waals surface area contributed by atoms with Gasteiger partial charge in [0.25, 0.3) is 10.0 Å². The smallest absolute Gasteiger partial charge is 0.264 e. The minimum atomic E-state index is -4.07. The van der Waals surface area contributed by atoms with Gasteiger partial charge in [-0.05, 0) is 19.1 Å². The second-order valence-corrected chi connectivity index (χ2v) is 5.59. The van der Waals surface area contributed by atoms with Gasteiger partial charge in [-0.2, -0.15) is 9.49 Å². The molecule has 20 heavy (non-hydrogen) atoms. The number of H-pyrrole nitrogens is 1. The van der Waals surface area contributed by atoms with E-state index in [-0.39, 0.29) is 5.82 Å². The number of nitrogens with zero attached hydrogens (tertiary/aromatic N) is 2. The van der Waals surface area contributed by atoms with Crippen molar-refractivity contribution in [2.75, 3.05) is 4.72 Å². The lowest BCUT2D eigenvalue weighted by Gasteiger charge is -2.07. The van der Waals surface area contributed by atoms with Crippen LogP contribution in [0.2, 0.25) is 0 Å². The van der Waals surface area contributed by atoms with Crippen molar-refractivity contribution in [2.45, 2.75) is 11.8 Å². The second kappa shape index (κ2) is 4.89. The van der Waals surface area contributed by atoms with E-state index in [9.17, 15) is 22.9 Å². The number of rotatable bonds is 4. The maximum atomic E-state index is 13.2. The number of aromatic amines is 1. The molecule has 8 nitrogen and oxygen atoms in total. The summed E-state index contributed by atoms with van der Waals surface area (Å²) in [7, 11) is -4.07. The molecule has 106 valence electrons. The van der Waals surface area contributed by atoms with Crippen LogP contribution in [0.15, 0.2) is 29.3 Å². The molecule has 2 aromatic rings. The maximum absolute atomic E-state index is 13.2. The molecule has 1 aromatic heterocycles. The van der Waals surface area contributed by atoms with Crippen LogP contribution in [0.25, 0.3) is 0 Å². The van der Waals surface area contributed by atoms with Gasteiger partial charge in [0.05, 0.1) is 16.0 Å². The number of nitro benzene ring substituents is 1. The number of nitro groups is 1. The molecule has 10 heteroatoms. The van der Waals surface area contributed by atoms with Crippen LogP contribution in [0.4, 0.5) is 15.9 Å². The van der Waals surface area contributed by atoms with Crippen molar-refractivity contribution in [2.24, 2.45) is 0 Å². The predicted octanol–water partition coefficient (Wildman–Crippen LogP) is 1.57. The number of halogens is 1. The standard InChI is InChI=1S/C10H9FN4O4S/c1-6-5-12-13-10(6)14-20(18,19)7-2-3-8(11)9(4-7)15(16)17/h2-5H,1H3,(H2,12,13,14). The van der Waals surface area contributed by atoms with Crippen LogP contribution < -0.4 is 4.72 Å². The van der Waals surface area contributed by atoms with E-state index in [4.69, 9.17) is 0 Å². The Balaban J connectivity index is 2.42. The van der Waals surface area contributed by atoms with Gasteiger partial charge in [0.2, 0.25) is 5.82 Å². The molecule has 0 fully saturated rings. The quantitative estimate of drug-likeness (QED) is 0.656. The Kier molecular flexibility index (Phi) is 3.40. The molecule has 0 aliphatic carbocycles. The largest absolute Gasteiger partial charge is 0.306 e. The van der Waals surface area contributed by atoms with Crippen molar-refractivity contribution >= 4 is 21.5 Å². The van der Waals surface area contributed by atoms with Gasteiger partial charge in [-0.25, -0.2) is 8.42 Å². The van der Waals surface area contributed by atoms with Crippen LogP contribution in [-0.4, -0.2) is 23.5 Å². The number of sulfonamides is 1. The lowest BCUT2D eigenvalue weighted by atomic mass is 10.3. The van der Waals surface area contributed by atoms with Crippen LogP contribution >= 0.6 is 0 Å². The third kappa shape index (κ3) is 2.59. The van der Waals surface area contributed by atoms with E-state index >= 15 is 0 Å². The summed E-state index contributed by atoms with van der Waals surface area (Å²) >= 11 is 0. The topological polar surface area (TPSA) is 118 Å². The molecule has 0 saturated carbocycles. The monoisotopic (exact) mass is 300 g/mol. The molecule has 0 atom stereocenters. The zero-order chi connectivity index (χ0) is 14.9. The first kappa shape index (κ1) is 13.9. The second-order valence-electron chi connectivity index (χ2n) is 3.90. The third-order valence-electron chi connectivity index (χ3n) is 2.49. The van der Waals surface area contributed by atoms with E-state index < -0.39 is 31.3 Å². The summed E-state index contributed by atoms with van der Waals surface area (Å²) in [6.07, 6.45) is 1.41. The number of hydrogen-bond donors (Lipinski definition) is 2. The van der Waals surface area contributed by atoms with Gasteiger partial charge in [0.1, 0.15) is 5.82 Å². The zero-order valence-electron chi connectivity index (χ0n) is 10.1. The van der Waals surface area contributed by atoms with E-state index in [1.165, 1.54) is 6.20 Å². The van der Waals surface area contributed by atoms with Crippen LogP contribution in [0, 0.1) is 22.9 Å². The minimum Gasteiger partial charge on any atom is -0.264 e. The van der Waals surface area contributed by atoms with Gasteiger partial charge in [0.15, 0.2) is 0 Å². The maximum Gasteiger partial charge on any atom is 0.306 e. The zero-order valence-corrected chi connectivity index (χ0v) is 10.9. The van der Waals surface area contributed by atoms with Crippen molar-refractivity contribution in [3.8, 4) is 0 Å². The summed E-state index contributed by atoms with van der Waals surface area (Å²) in [5.74, 6) is -0.969. The third-order valence-corrected chi connectivity index (χ3v) is 3.84. The summed E-state index contributed by atoms with van der Waals surface area (Å²) in [5, 5.41) is 16.7. The van der Waals surface area contributed by atoms with Crippen LogP contribution in [0.1, 0.15) is 5.56 Å². The number of benzene rings is 1. The molecule has 2 N–H and O–H groups in total. The lowest BCUT2D eigenvalue weighted by Crippen LogP contribution is -2.14. The first-order chi connectivity index (χ1) is 9.31. The van der Waals surface area contributed by atoms with Gasteiger partial charge < -0.3 is 0 Å². The molecule has 0 bridgehead atoms. The Hall–Kier alpha value is -2.49. The fourth-order valence-corrected chi connectivity index (χ4v) is 2.55. The van der Waals surface area contributed by atoms with E-state index in [2.05, 4.69) is 14.9 Å². The molecule has 0 amide bonds. The molecule has 1 heterocycles. The Morgan fingerprint density at radius 1 is 1.45 bits per heavy atom. The van der Waals surface area contributed by atoms with Gasteiger partial charge in [-0.1, -0.05) is 0 Å². The molecule has 0 aliphatic rings. The predicted molar refractivity (Wildman–Crippen MR) is 67.2 cm³/mol. The Morgan fingerprint density at radius 3 is 2.70 bits per heavy atom. The molecule has 0 radical (unpaired) electrons. The highest BCUT2D eigenvalue weighted by Crippen LogP contribution is 2.23. The summed E-state index contributed by atoms with van der Waals surface area (Å²) in [6, 6.07) is 2.33. The average molecular weight is 300 g/mol. The summed E-state index contributed by atoms with van der Waals surface area (Å²) in [5.41, 5.74) is -0.362. The number of aryl methyl sites for hydroxylation is 1. The van der Waals surface area contributed by atoms with Crippen molar-refractivity contribution in [1.29, 1.82) is 0 Å². The molecule has 2 rings (SSSR count). The highest BCUT2D eigenvalue weighted by Gasteiger charge is 2.22. The summed E-state index contributed by atoms with van der Waals surface area (Å²) in [6.45, 7) is 1.62. The molecular formula is C10H9FN4O4S. The molecule has 0 saturated heterocycles. The van der Waals surface area contributed by atoms with Crippen LogP contribution in [0.5, 0.6) is 0 Å². The van der Waals surface area contributed by atoms with Gasteiger partial charge in [0, 0.05) is 11.6 Å². The van der Waals surface area contributed by atoms with Crippen molar-refractivity contribution < 1.29 is 17.7 Å². The van der Waals surface area contributed by atoms with Crippen molar-refractivity contribution in [3.63, 3.8) is 0 Å². The number of aromatic nitrogens is 2. The highest BCUT2D eigenvalue weighted by molar-refractivity contribution is 7.92. The summed E-state index contributed by atoms with van der Waals surface area (Å²) < 4.78 is 39.4. The highest BCUT2D eigenvalue weighted by atomic mass is 32.2. The first-order valence-corrected chi connectivity index (χ1v) is 6.76. The van der Waals surface area contributed by atoms with Crippen LogP contribution in [-0.2, 0) is 10.0 Å². The number of hydrogen-bond acceptors (Lipinski definition) is 5. The van der Waals surface area contributed by atoms with E-state index in [1.807, 2.05) is 0 Å². The molecule has 1 aromatic carbocycles.